The summed E-state index contributed by atoms with van der Waals surface area (Å²) in [5.74, 6) is -0.0740. The number of aryl methyl sites for hydroxylation is 1. The summed E-state index contributed by atoms with van der Waals surface area (Å²) in [6.07, 6.45) is 4.37. The van der Waals surface area contributed by atoms with E-state index in [4.69, 9.17) is 10.5 Å². The zero-order valence-corrected chi connectivity index (χ0v) is 18.3. The molecule has 0 radical (unpaired) electrons. The maximum absolute atomic E-state index is 11.6. The summed E-state index contributed by atoms with van der Waals surface area (Å²) in [6, 6.07) is 5.75. The summed E-state index contributed by atoms with van der Waals surface area (Å²) in [5.41, 5.74) is 9.51. The Bertz CT molecular complexity index is 1350. The zero-order valence-electron chi connectivity index (χ0n) is 18.3. The molecule has 172 valence electrons. The van der Waals surface area contributed by atoms with Crippen LogP contribution >= 0.6 is 0 Å². The van der Waals surface area contributed by atoms with Crippen LogP contribution in [-0.2, 0) is 18.4 Å². The number of aromatic carboxylic acids is 1. The first kappa shape index (κ1) is 21.1. The number of carboxylic acids is 1. The van der Waals surface area contributed by atoms with Crippen molar-refractivity contribution in [2.24, 2.45) is 12.8 Å². The van der Waals surface area contributed by atoms with Crippen molar-refractivity contribution in [1.29, 1.82) is 0 Å². The van der Waals surface area contributed by atoms with Gasteiger partial charge < -0.3 is 26.2 Å². The topological polar surface area (TPSA) is 158 Å². The summed E-state index contributed by atoms with van der Waals surface area (Å²) < 4.78 is 9.23. The molecule has 0 amide bonds. The van der Waals surface area contributed by atoms with Gasteiger partial charge in [-0.1, -0.05) is 5.21 Å². The van der Waals surface area contributed by atoms with Gasteiger partial charge in [0.15, 0.2) is 5.65 Å². The molecule has 33 heavy (non-hydrogen) atoms. The number of hydrogen-bond acceptors (Lipinski definition) is 9. The van der Waals surface area contributed by atoms with Crippen molar-refractivity contribution in [3.8, 4) is 0 Å². The molecule has 0 unspecified atom stereocenters. The fraction of sp³-hybridized carbons (Fsp3) is 0.381. The molecule has 0 aliphatic heterocycles. The van der Waals surface area contributed by atoms with Crippen LogP contribution in [0.25, 0.3) is 16.7 Å². The van der Waals surface area contributed by atoms with Crippen LogP contribution in [0.5, 0.6) is 0 Å². The van der Waals surface area contributed by atoms with E-state index >= 15 is 0 Å². The molecule has 5 rings (SSSR count). The van der Waals surface area contributed by atoms with Gasteiger partial charge in [-0.15, -0.1) is 5.10 Å². The van der Waals surface area contributed by atoms with Gasteiger partial charge in [0.2, 0.25) is 0 Å². The molecular formula is C21H25N9O3. The number of hydrogen-bond donors (Lipinski definition) is 4. The molecule has 1 aromatic carbocycles. The van der Waals surface area contributed by atoms with E-state index in [0.29, 0.717) is 29.4 Å². The molecule has 1 aliphatic carbocycles. The Hall–Kier alpha value is -3.77. The van der Waals surface area contributed by atoms with Crippen LogP contribution in [0.4, 0.5) is 17.3 Å². The first-order valence-electron chi connectivity index (χ1n) is 10.7. The Kier molecular flexibility index (Phi) is 5.30. The first-order valence-corrected chi connectivity index (χ1v) is 10.7. The van der Waals surface area contributed by atoms with E-state index in [9.17, 15) is 9.90 Å². The minimum absolute atomic E-state index is 0.00912. The molecule has 4 aromatic rings. The van der Waals surface area contributed by atoms with Crippen molar-refractivity contribution >= 4 is 40.0 Å². The number of fused-ring (bicyclic) bond motifs is 2. The average molecular weight is 451 g/mol. The van der Waals surface area contributed by atoms with E-state index in [1.807, 2.05) is 19.2 Å². The van der Waals surface area contributed by atoms with E-state index in [-0.39, 0.29) is 23.4 Å². The number of benzene rings is 1. The Morgan fingerprint density at radius 1 is 1.33 bits per heavy atom. The van der Waals surface area contributed by atoms with Crippen molar-refractivity contribution in [2.75, 3.05) is 17.7 Å². The number of carbonyl (C=O) groups is 1. The van der Waals surface area contributed by atoms with Gasteiger partial charge in [0.25, 0.3) is 0 Å². The van der Waals surface area contributed by atoms with Crippen molar-refractivity contribution in [3.05, 3.63) is 35.5 Å². The molecule has 12 heteroatoms. The van der Waals surface area contributed by atoms with Gasteiger partial charge in [0, 0.05) is 26.2 Å². The maximum Gasteiger partial charge on any atom is 0.341 e. The van der Waals surface area contributed by atoms with Gasteiger partial charge in [0.05, 0.1) is 30.1 Å². The lowest BCUT2D eigenvalue weighted by Crippen LogP contribution is -2.31. The van der Waals surface area contributed by atoms with Crippen LogP contribution < -0.4 is 16.4 Å². The van der Waals surface area contributed by atoms with Gasteiger partial charge in [-0.25, -0.2) is 14.5 Å². The Balaban J connectivity index is 1.52. The van der Waals surface area contributed by atoms with Crippen LogP contribution in [0.3, 0.4) is 0 Å². The zero-order chi connectivity index (χ0) is 23.1. The summed E-state index contributed by atoms with van der Waals surface area (Å²) in [6.45, 7) is 0.411. The Morgan fingerprint density at radius 3 is 2.91 bits per heavy atom. The van der Waals surface area contributed by atoms with Crippen molar-refractivity contribution in [3.63, 3.8) is 0 Å². The molecule has 2 atom stereocenters. The predicted octanol–water partition coefficient (Wildman–Crippen LogP) is 1.89. The number of ether oxygens (including phenoxy) is 1. The third-order valence-electron chi connectivity index (χ3n) is 5.97. The molecule has 3 heterocycles. The number of nitrogens with two attached hydrogens (primary N) is 1. The minimum atomic E-state index is -1.10. The fourth-order valence-corrected chi connectivity index (χ4v) is 4.23. The molecule has 0 saturated heterocycles. The van der Waals surface area contributed by atoms with Gasteiger partial charge >= 0.3 is 5.97 Å². The second-order valence-electron chi connectivity index (χ2n) is 8.17. The van der Waals surface area contributed by atoms with E-state index in [1.54, 1.807) is 17.8 Å². The van der Waals surface area contributed by atoms with Crippen LogP contribution in [-0.4, -0.2) is 59.9 Å². The Morgan fingerprint density at radius 2 is 2.18 bits per heavy atom. The minimum Gasteiger partial charge on any atom is -0.477 e. The van der Waals surface area contributed by atoms with E-state index in [1.165, 1.54) is 10.7 Å². The van der Waals surface area contributed by atoms with Crippen molar-refractivity contribution in [1.82, 2.24) is 29.6 Å². The average Bonchev–Trinajstić information content (AvgIpc) is 3.50. The molecular weight excluding hydrogens is 426 g/mol. The van der Waals surface area contributed by atoms with Crippen LogP contribution in [0, 0.1) is 0 Å². The summed E-state index contributed by atoms with van der Waals surface area (Å²) in [5, 5.41) is 28.3. The summed E-state index contributed by atoms with van der Waals surface area (Å²) in [4.78, 5) is 16.1. The third-order valence-corrected chi connectivity index (χ3v) is 5.97. The maximum atomic E-state index is 11.6. The highest BCUT2D eigenvalue weighted by Crippen LogP contribution is 2.29. The Labute approximate surface area is 188 Å². The van der Waals surface area contributed by atoms with Crippen LogP contribution in [0.1, 0.15) is 35.2 Å². The highest BCUT2D eigenvalue weighted by Gasteiger charge is 2.25. The molecule has 12 nitrogen and oxygen atoms in total. The van der Waals surface area contributed by atoms with E-state index < -0.39 is 5.97 Å². The monoisotopic (exact) mass is 451 g/mol. The normalized spacial score (nSPS) is 18.3. The molecule has 0 spiro atoms. The van der Waals surface area contributed by atoms with E-state index in [0.717, 1.165) is 30.3 Å². The lowest BCUT2D eigenvalue weighted by atomic mass is 10.1. The first-order chi connectivity index (χ1) is 15.9. The quantitative estimate of drug-likeness (QED) is 0.327. The molecule has 1 fully saturated rings. The molecule has 3 aromatic heterocycles. The lowest BCUT2D eigenvalue weighted by molar-refractivity contribution is 0.0358. The fourth-order valence-electron chi connectivity index (χ4n) is 4.23. The second kappa shape index (κ2) is 8.30. The lowest BCUT2D eigenvalue weighted by Gasteiger charge is -2.17. The third kappa shape index (κ3) is 3.83. The van der Waals surface area contributed by atoms with Gasteiger partial charge in [-0.05, 0) is 37.0 Å². The van der Waals surface area contributed by atoms with Crippen LogP contribution in [0.15, 0.2) is 24.4 Å². The molecule has 1 aliphatic rings. The van der Waals surface area contributed by atoms with Crippen LogP contribution in [0.2, 0.25) is 0 Å². The second-order valence-corrected chi connectivity index (χ2v) is 8.17. The number of rotatable bonds is 7. The molecule has 1 saturated carbocycles. The largest absolute Gasteiger partial charge is 0.477 e. The number of anilines is 3. The molecule has 0 bridgehead atoms. The summed E-state index contributed by atoms with van der Waals surface area (Å²) >= 11 is 0. The number of nitrogens with zero attached hydrogens (tertiary/aromatic N) is 6. The number of carboxylic acid groups (broad SMARTS) is 1. The van der Waals surface area contributed by atoms with Crippen molar-refractivity contribution in [2.45, 2.75) is 38.0 Å². The van der Waals surface area contributed by atoms with Crippen molar-refractivity contribution < 1.29 is 14.6 Å². The summed E-state index contributed by atoms with van der Waals surface area (Å²) in [7, 11) is 3.55. The van der Waals surface area contributed by atoms with Gasteiger partial charge in [0.1, 0.15) is 22.7 Å². The SMILES string of the molecule is CNc1cc(Nc2cc(CO[C@@H]3CCC[C@H]3N)cc3c2nnn3C)nc2c(C(=O)O)cnn12. The highest BCUT2D eigenvalue weighted by atomic mass is 16.5. The van der Waals surface area contributed by atoms with Gasteiger partial charge in [-0.3, -0.25) is 0 Å². The smallest absolute Gasteiger partial charge is 0.341 e. The number of nitrogens with one attached hydrogen (secondary N) is 2. The number of aromatic nitrogens is 6. The standard InChI is InChI=1S/C21H25N9O3/c1-23-18-8-17(26-20-12(21(31)32)9-24-30(18)20)25-14-6-11(7-15-19(14)27-28-29(15)2)10-33-16-5-3-4-13(16)22/h6-9,13,16,23H,3-5,10,22H2,1-2H3,(H,25,26)(H,31,32)/t13-,16-/m1/s1. The van der Waals surface area contributed by atoms with Gasteiger partial charge in [-0.2, -0.15) is 9.61 Å². The predicted molar refractivity (Wildman–Crippen MR) is 122 cm³/mol. The molecule has 5 N–H and O–H groups in total. The van der Waals surface area contributed by atoms with E-state index in [2.05, 4.69) is 31.0 Å². The highest BCUT2D eigenvalue weighted by molar-refractivity contribution is 5.95.